The highest BCUT2D eigenvalue weighted by atomic mass is 19.1. The number of carbonyl (C=O) groups excluding carboxylic acids is 3. The highest BCUT2D eigenvalue weighted by Crippen LogP contribution is 2.25. The van der Waals surface area contributed by atoms with Crippen molar-refractivity contribution in [2.75, 3.05) is 6.54 Å². The molecule has 0 spiro atoms. The minimum absolute atomic E-state index is 0.0536. The van der Waals surface area contributed by atoms with Crippen LogP contribution in [0.5, 0.6) is 0 Å². The Bertz CT molecular complexity index is 684. The summed E-state index contributed by atoms with van der Waals surface area (Å²) < 4.78 is 13.1. The Kier molecular flexibility index (Phi) is 6.00. The van der Waals surface area contributed by atoms with Crippen LogP contribution in [0.3, 0.4) is 0 Å². The van der Waals surface area contributed by atoms with Crippen LogP contribution in [0, 0.1) is 11.7 Å². The van der Waals surface area contributed by atoms with Gasteiger partial charge in [-0.05, 0) is 36.5 Å². The van der Waals surface area contributed by atoms with Crippen LogP contribution in [0.4, 0.5) is 9.18 Å². The maximum Gasteiger partial charge on any atom is 0.325 e. The summed E-state index contributed by atoms with van der Waals surface area (Å²) in [6.07, 6.45) is 0.937. The largest absolute Gasteiger partial charge is 0.347 e. The number of amides is 4. The molecule has 1 atom stereocenters. The van der Waals surface area contributed by atoms with Gasteiger partial charge in [-0.2, -0.15) is 0 Å². The normalized spacial score (nSPS) is 17.4. The molecule has 142 valence electrons. The van der Waals surface area contributed by atoms with Crippen LogP contribution in [0.25, 0.3) is 0 Å². The van der Waals surface area contributed by atoms with Crippen molar-refractivity contribution >= 4 is 17.8 Å². The summed E-state index contributed by atoms with van der Waals surface area (Å²) in [5.74, 6) is -1.10. The molecule has 1 aromatic carbocycles. The third kappa shape index (κ3) is 3.86. The molecule has 0 saturated carbocycles. The van der Waals surface area contributed by atoms with Gasteiger partial charge in [0.15, 0.2) is 0 Å². The lowest BCUT2D eigenvalue weighted by Gasteiger charge is -2.25. The summed E-state index contributed by atoms with van der Waals surface area (Å²) in [5.41, 5.74) is -0.158. The van der Waals surface area contributed by atoms with Gasteiger partial charge in [-0.3, -0.25) is 14.5 Å². The molecule has 1 fully saturated rings. The number of rotatable bonds is 7. The summed E-state index contributed by atoms with van der Waals surface area (Å²) in [4.78, 5) is 38.2. The van der Waals surface area contributed by atoms with E-state index in [4.69, 9.17) is 0 Å². The predicted octanol–water partition coefficient (Wildman–Crippen LogP) is 2.75. The number of urea groups is 1. The van der Waals surface area contributed by atoms with Gasteiger partial charge < -0.3 is 10.6 Å². The van der Waals surface area contributed by atoms with Crippen molar-refractivity contribution in [2.45, 2.75) is 52.1 Å². The maximum atomic E-state index is 13.1. The fraction of sp³-hybridized carbons (Fsp3) is 0.526. The molecule has 1 heterocycles. The molecule has 6 nitrogen and oxygen atoms in total. The lowest BCUT2D eigenvalue weighted by Crippen LogP contribution is -2.47. The van der Waals surface area contributed by atoms with Gasteiger partial charge in [-0.15, -0.1) is 0 Å². The van der Waals surface area contributed by atoms with E-state index >= 15 is 0 Å². The molecule has 0 bridgehead atoms. The topological polar surface area (TPSA) is 78.5 Å². The number of carbonyl (C=O) groups is 3. The van der Waals surface area contributed by atoms with Gasteiger partial charge in [-0.25, -0.2) is 9.18 Å². The number of nitrogens with one attached hydrogen (secondary N) is 2. The van der Waals surface area contributed by atoms with Crippen LogP contribution in [0.15, 0.2) is 24.3 Å². The lowest BCUT2D eigenvalue weighted by molar-refractivity contribution is -0.135. The van der Waals surface area contributed by atoms with Crippen LogP contribution >= 0.6 is 0 Å². The highest BCUT2D eigenvalue weighted by molar-refractivity contribution is 6.09. The molecule has 0 aliphatic carbocycles. The second kappa shape index (κ2) is 7.85. The first kappa shape index (κ1) is 19.9. The van der Waals surface area contributed by atoms with E-state index in [1.54, 1.807) is 12.1 Å². The van der Waals surface area contributed by atoms with Crippen molar-refractivity contribution in [3.63, 3.8) is 0 Å². The highest BCUT2D eigenvalue weighted by Gasteiger charge is 2.49. The van der Waals surface area contributed by atoms with E-state index in [0.29, 0.717) is 12.8 Å². The number of halogens is 1. The van der Waals surface area contributed by atoms with E-state index in [2.05, 4.69) is 10.6 Å². The van der Waals surface area contributed by atoms with Crippen LogP contribution in [-0.4, -0.2) is 34.8 Å². The second-order valence-corrected chi connectivity index (χ2v) is 6.95. The SMILES string of the molecule is CCC1(CC)NC(=O)N(CC(=O)NC(c2ccc(F)cc2)C(C)C)C1=O. The summed E-state index contributed by atoms with van der Waals surface area (Å²) in [6.45, 7) is 7.18. The Morgan fingerprint density at radius 1 is 1.19 bits per heavy atom. The first-order valence-corrected chi connectivity index (χ1v) is 8.93. The van der Waals surface area contributed by atoms with E-state index in [1.165, 1.54) is 12.1 Å². The molecule has 2 N–H and O–H groups in total. The van der Waals surface area contributed by atoms with Gasteiger partial charge in [0, 0.05) is 0 Å². The van der Waals surface area contributed by atoms with Crippen molar-refractivity contribution in [3.05, 3.63) is 35.6 Å². The Morgan fingerprint density at radius 3 is 2.23 bits per heavy atom. The molecule has 26 heavy (non-hydrogen) atoms. The molecule has 1 aromatic rings. The fourth-order valence-corrected chi connectivity index (χ4v) is 3.22. The van der Waals surface area contributed by atoms with Crippen molar-refractivity contribution in [2.24, 2.45) is 5.92 Å². The minimum atomic E-state index is -0.925. The third-order valence-corrected chi connectivity index (χ3v) is 4.97. The standard InChI is InChI=1S/C19H26FN3O3/c1-5-19(6-2)17(25)23(18(26)22-19)11-15(24)21-16(12(3)4)13-7-9-14(20)10-8-13/h7-10,12,16H,5-6,11H2,1-4H3,(H,21,24)(H,22,26). The number of hydrogen-bond acceptors (Lipinski definition) is 3. The van der Waals surface area contributed by atoms with E-state index in [-0.39, 0.29) is 30.2 Å². The van der Waals surface area contributed by atoms with Crippen LogP contribution in [-0.2, 0) is 9.59 Å². The molecule has 0 aromatic heterocycles. The fourth-order valence-electron chi connectivity index (χ4n) is 3.22. The molecule has 7 heteroatoms. The van der Waals surface area contributed by atoms with E-state index in [1.807, 2.05) is 27.7 Å². The Hall–Kier alpha value is -2.44. The molecule has 1 unspecified atom stereocenters. The molecule has 1 aliphatic heterocycles. The summed E-state index contributed by atoms with van der Waals surface area (Å²) in [6, 6.07) is 5.03. The zero-order valence-corrected chi connectivity index (χ0v) is 15.6. The van der Waals surface area contributed by atoms with Gasteiger partial charge in [0.25, 0.3) is 5.91 Å². The van der Waals surface area contributed by atoms with Gasteiger partial charge in [0.1, 0.15) is 17.9 Å². The monoisotopic (exact) mass is 363 g/mol. The zero-order chi connectivity index (χ0) is 19.5. The van der Waals surface area contributed by atoms with Crippen molar-refractivity contribution in [1.29, 1.82) is 0 Å². The molecular weight excluding hydrogens is 337 g/mol. The zero-order valence-electron chi connectivity index (χ0n) is 15.6. The maximum absolute atomic E-state index is 13.1. The van der Waals surface area contributed by atoms with E-state index in [0.717, 1.165) is 10.5 Å². The molecule has 0 radical (unpaired) electrons. The summed E-state index contributed by atoms with van der Waals surface area (Å²) >= 11 is 0. The third-order valence-electron chi connectivity index (χ3n) is 4.97. The van der Waals surface area contributed by atoms with Crippen molar-refractivity contribution in [3.8, 4) is 0 Å². The van der Waals surface area contributed by atoms with Crippen LogP contribution in [0.1, 0.15) is 52.1 Å². The van der Waals surface area contributed by atoms with Gasteiger partial charge >= 0.3 is 6.03 Å². The Morgan fingerprint density at radius 2 is 1.77 bits per heavy atom. The quantitative estimate of drug-likeness (QED) is 0.731. The number of nitrogens with zero attached hydrogens (tertiary/aromatic N) is 1. The summed E-state index contributed by atoms with van der Waals surface area (Å²) in [7, 11) is 0. The van der Waals surface area contributed by atoms with Crippen LogP contribution < -0.4 is 10.6 Å². The number of hydrogen-bond donors (Lipinski definition) is 2. The molecular formula is C19H26FN3O3. The van der Waals surface area contributed by atoms with Crippen molar-refractivity contribution in [1.82, 2.24) is 15.5 Å². The van der Waals surface area contributed by atoms with Gasteiger partial charge in [0.2, 0.25) is 5.91 Å². The Labute approximate surface area is 153 Å². The minimum Gasteiger partial charge on any atom is -0.347 e. The number of benzene rings is 1. The lowest BCUT2D eigenvalue weighted by atomic mass is 9.93. The first-order chi connectivity index (χ1) is 12.2. The number of imide groups is 1. The molecule has 1 saturated heterocycles. The average Bonchev–Trinajstić information content (AvgIpc) is 2.85. The van der Waals surface area contributed by atoms with E-state index in [9.17, 15) is 18.8 Å². The van der Waals surface area contributed by atoms with Crippen molar-refractivity contribution < 1.29 is 18.8 Å². The summed E-state index contributed by atoms with van der Waals surface area (Å²) in [5, 5.41) is 5.55. The predicted molar refractivity (Wildman–Crippen MR) is 95.7 cm³/mol. The average molecular weight is 363 g/mol. The molecule has 1 aliphatic rings. The smallest absolute Gasteiger partial charge is 0.325 e. The first-order valence-electron chi connectivity index (χ1n) is 8.93. The second-order valence-electron chi connectivity index (χ2n) is 6.95. The van der Waals surface area contributed by atoms with Gasteiger partial charge in [0.05, 0.1) is 6.04 Å². The molecule has 4 amide bonds. The van der Waals surface area contributed by atoms with Gasteiger partial charge in [-0.1, -0.05) is 39.8 Å². The molecule has 2 rings (SSSR count). The van der Waals surface area contributed by atoms with E-state index < -0.39 is 17.5 Å². The van der Waals surface area contributed by atoms with Crippen LogP contribution in [0.2, 0.25) is 0 Å². The Balaban J connectivity index is 2.10.